The molecule has 0 unspecified atom stereocenters. The van der Waals surface area contributed by atoms with Crippen LogP contribution in [0.3, 0.4) is 0 Å². The molecular weight excluding hydrogens is 266 g/mol. The van der Waals surface area contributed by atoms with Crippen molar-refractivity contribution in [1.82, 2.24) is 4.90 Å². The fraction of sp³-hybridized carbons (Fsp3) is 0.500. The zero-order valence-electron chi connectivity index (χ0n) is 9.95. The number of aliphatic hydroxyl groups excluding tert-OH is 1. The summed E-state index contributed by atoms with van der Waals surface area (Å²) < 4.78 is 53.5. The molecule has 0 amide bonds. The number of hydrogen-bond donors (Lipinski definition) is 1. The Kier molecular flexibility index (Phi) is 3.96. The first-order valence-electron chi connectivity index (χ1n) is 5.78. The van der Waals surface area contributed by atoms with Gasteiger partial charge < -0.3 is 9.84 Å². The Morgan fingerprint density at radius 2 is 2.11 bits per heavy atom. The van der Waals surface area contributed by atoms with Gasteiger partial charge in [-0.05, 0) is 12.5 Å². The zero-order chi connectivity index (χ0) is 14.0. The van der Waals surface area contributed by atoms with Gasteiger partial charge in [-0.2, -0.15) is 0 Å². The molecule has 0 saturated carbocycles. The van der Waals surface area contributed by atoms with Crippen molar-refractivity contribution in [3.8, 4) is 5.75 Å². The third-order valence-corrected chi connectivity index (χ3v) is 2.90. The number of benzene rings is 1. The molecule has 3 nitrogen and oxygen atoms in total. The standard InChI is InChI=1S/C12H13F4NO2/c13-9-2-1-8(6-17-4-3-10(18)7-17)11(5-9)19-12(14,15)16/h1-2,5,10,18H,3-4,6-7H2/t10-/m1/s1. The number of hydrogen-bond acceptors (Lipinski definition) is 3. The van der Waals surface area contributed by atoms with Crippen molar-refractivity contribution in [3.63, 3.8) is 0 Å². The molecule has 1 aliphatic heterocycles. The molecular formula is C12H13F4NO2. The Morgan fingerprint density at radius 3 is 2.68 bits per heavy atom. The first-order chi connectivity index (χ1) is 8.83. The second kappa shape index (κ2) is 5.34. The van der Waals surface area contributed by atoms with E-state index in [1.54, 1.807) is 4.90 Å². The minimum Gasteiger partial charge on any atom is -0.405 e. The van der Waals surface area contributed by atoms with E-state index in [0.29, 0.717) is 19.5 Å². The second-order valence-electron chi connectivity index (χ2n) is 4.48. The van der Waals surface area contributed by atoms with Crippen LogP contribution in [-0.4, -0.2) is 35.6 Å². The smallest absolute Gasteiger partial charge is 0.405 e. The fourth-order valence-corrected chi connectivity index (χ4v) is 2.08. The molecule has 7 heteroatoms. The SMILES string of the molecule is O[C@@H]1CCN(Cc2ccc(F)cc2OC(F)(F)F)C1. The maximum Gasteiger partial charge on any atom is 0.573 e. The van der Waals surface area contributed by atoms with E-state index in [1.807, 2.05) is 0 Å². The Labute approximate surface area is 107 Å². The summed E-state index contributed by atoms with van der Waals surface area (Å²) in [4.78, 5) is 1.79. The molecule has 0 spiro atoms. The molecule has 0 bridgehead atoms. The van der Waals surface area contributed by atoms with Crippen LogP contribution in [0.25, 0.3) is 0 Å². The van der Waals surface area contributed by atoms with Crippen LogP contribution in [0.15, 0.2) is 18.2 Å². The highest BCUT2D eigenvalue weighted by Crippen LogP contribution is 2.28. The summed E-state index contributed by atoms with van der Waals surface area (Å²) in [5.41, 5.74) is 0.243. The number of ether oxygens (including phenoxy) is 1. The number of likely N-dealkylation sites (tertiary alicyclic amines) is 1. The summed E-state index contributed by atoms with van der Waals surface area (Å²) in [6, 6.07) is 3.07. The highest BCUT2D eigenvalue weighted by atomic mass is 19.4. The molecule has 1 fully saturated rings. The van der Waals surface area contributed by atoms with Crippen molar-refractivity contribution in [1.29, 1.82) is 0 Å². The molecule has 106 valence electrons. The van der Waals surface area contributed by atoms with Crippen LogP contribution >= 0.6 is 0 Å². The number of rotatable bonds is 3. The van der Waals surface area contributed by atoms with Crippen molar-refractivity contribution in [3.05, 3.63) is 29.6 Å². The number of nitrogens with zero attached hydrogens (tertiary/aromatic N) is 1. The molecule has 1 atom stereocenters. The van der Waals surface area contributed by atoms with E-state index in [4.69, 9.17) is 0 Å². The lowest BCUT2D eigenvalue weighted by molar-refractivity contribution is -0.275. The average molecular weight is 279 g/mol. The summed E-state index contributed by atoms with van der Waals surface area (Å²) in [7, 11) is 0. The molecule has 0 aliphatic carbocycles. The first-order valence-corrected chi connectivity index (χ1v) is 5.78. The third kappa shape index (κ3) is 4.07. The van der Waals surface area contributed by atoms with Gasteiger partial charge in [-0.1, -0.05) is 6.07 Å². The topological polar surface area (TPSA) is 32.7 Å². The van der Waals surface area contributed by atoms with Gasteiger partial charge in [-0.25, -0.2) is 4.39 Å². The van der Waals surface area contributed by atoms with E-state index < -0.39 is 24.0 Å². The van der Waals surface area contributed by atoms with Gasteiger partial charge in [0.25, 0.3) is 0 Å². The second-order valence-corrected chi connectivity index (χ2v) is 4.48. The Hall–Kier alpha value is -1.34. The molecule has 0 radical (unpaired) electrons. The van der Waals surface area contributed by atoms with Crippen LogP contribution < -0.4 is 4.74 Å². The maximum absolute atomic E-state index is 13.0. The van der Waals surface area contributed by atoms with E-state index >= 15 is 0 Å². The molecule has 0 aromatic heterocycles. The Balaban J connectivity index is 2.14. The third-order valence-electron chi connectivity index (χ3n) is 2.90. The maximum atomic E-state index is 13.0. The number of β-amino-alcohol motifs (C(OH)–C–C–N with tert-alkyl or cyclic N) is 1. The van der Waals surface area contributed by atoms with Crippen molar-refractivity contribution >= 4 is 0 Å². The van der Waals surface area contributed by atoms with Gasteiger partial charge in [-0.15, -0.1) is 13.2 Å². The van der Waals surface area contributed by atoms with Crippen LogP contribution in [0, 0.1) is 5.82 Å². The fourth-order valence-electron chi connectivity index (χ4n) is 2.08. The van der Waals surface area contributed by atoms with Gasteiger partial charge in [0.2, 0.25) is 0 Å². The van der Waals surface area contributed by atoms with Gasteiger partial charge in [0.15, 0.2) is 0 Å². The normalized spacial score (nSPS) is 20.8. The minimum atomic E-state index is -4.85. The monoisotopic (exact) mass is 279 g/mol. The van der Waals surface area contributed by atoms with Crippen molar-refractivity contribution in [2.75, 3.05) is 13.1 Å². The number of aliphatic hydroxyl groups is 1. The lowest BCUT2D eigenvalue weighted by atomic mass is 10.2. The highest BCUT2D eigenvalue weighted by molar-refractivity contribution is 5.34. The van der Waals surface area contributed by atoms with Crippen molar-refractivity contribution < 1.29 is 27.4 Å². The lowest BCUT2D eigenvalue weighted by Gasteiger charge is -2.18. The first kappa shape index (κ1) is 14.1. The van der Waals surface area contributed by atoms with Crippen LogP contribution in [0.2, 0.25) is 0 Å². The van der Waals surface area contributed by atoms with E-state index in [9.17, 15) is 22.7 Å². The van der Waals surface area contributed by atoms with Gasteiger partial charge in [0.1, 0.15) is 11.6 Å². The van der Waals surface area contributed by atoms with Crippen LogP contribution in [0.5, 0.6) is 5.75 Å². The predicted octanol–water partition coefficient (Wildman–Crippen LogP) is 2.29. The molecule has 1 aromatic rings. The number of halogens is 4. The average Bonchev–Trinajstić information content (AvgIpc) is 2.66. The van der Waals surface area contributed by atoms with Gasteiger partial charge in [0.05, 0.1) is 6.10 Å². The van der Waals surface area contributed by atoms with Crippen molar-refractivity contribution in [2.24, 2.45) is 0 Å². The molecule has 1 heterocycles. The van der Waals surface area contributed by atoms with E-state index in [0.717, 1.165) is 12.1 Å². The molecule has 2 rings (SSSR count). The Bertz CT molecular complexity index is 450. The highest BCUT2D eigenvalue weighted by Gasteiger charge is 2.32. The lowest BCUT2D eigenvalue weighted by Crippen LogP contribution is -2.23. The minimum absolute atomic E-state index is 0.183. The summed E-state index contributed by atoms with van der Waals surface area (Å²) in [5, 5.41) is 9.36. The Morgan fingerprint density at radius 1 is 1.37 bits per heavy atom. The van der Waals surface area contributed by atoms with E-state index in [-0.39, 0.29) is 12.1 Å². The van der Waals surface area contributed by atoms with Crippen LogP contribution in [0.4, 0.5) is 17.6 Å². The van der Waals surface area contributed by atoms with E-state index in [2.05, 4.69) is 4.74 Å². The van der Waals surface area contributed by atoms with Gasteiger partial charge >= 0.3 is 6.36 Å². The summed E-state index contributed by atoms with van der Waals surface area (Å²) in [6.45, 7) is 1.16. The largest absolute Gasteiger partial charge is 0.573 e. The van der Waals surface area contributed by atoms with Gasteiger partial charge in [0, 0.05) is 31.3 Å². The molecule has 1 aromatic carbocycles. The quantitative estimate of drug-likeness (QED) is 0.862. The van der Waals surface area contributed by atoms with E-state index in [1.165, 1.54) is 6.07 Å². The van der Waals surface area contributed by atoms with Gasteiger partial charge in [-0.3, -0.25) is 4.90 Å². The summed E-state index contributed by atoms with van der Waals surface area (Å²) in [6.07, 6.45) is -4.74. The van der Waals surface area contributed by atoms with Crippen molar-refractivity contribution in [2.45, 2.75) is 25.4 Å². The predicted molar refractivity (Wildman–Crippen MR) is 59.0 cm³/mol. The molecule has 1 aliphatic rings. The molecule has 19 heavy (non-hydrogen) atoms. The summed E-state index contributed by atoms with van der Waals surface area (Å²) in [5.74, 6) is -1.32. The molecule has 1 N–H and O–H groups in total. The number of alkyl halides is 3. The zero-order valence-corrected chi connectivity index (χ0v) is 9.95. The van der Waals surface area contributed by atoms with Crippen LogP contribution in [0.1, 0.15) is 12.0 Å². The van der Waals surface area contributed by atoms with Crippen LogP contribution in [-0.2, 0) is 6.54 Å². The molecule has 1 saturated heterocycles. The summed E-state index contributed by atoms with van der Waals surface area (Å²) >= 11 is 0.